The maximum atomic E-state index is 12.0. The van der Waals surface area contributed by atoms with Crippen molar-refractivity contribution in [2.45, 2.75) is 12.8 Å². The molecule has 0 aliphatic carbocycles. The van der Waals surface area contributed by atoms with Crippen molar-refractivity contribution in [2.75, 3.05) is 6.61 Å². The summed E-state index contributed by atoms with van der Waals surface area (Å²) in [6, 6.07) is 20.0. The molecule has 0 fully saturated rings. The van der Waals surface area contributed by atoms with Crippen LogP contribution in [-0.4, -0.2) is 32.4 Å². The third-order valence-electron chi connectivity index (χ3n) is 5.75. The second kappa shape index (κ2) is 8.23. The molecule has 2 heterocycles. The number of nitrogens with zero attached hydrogens (tertiary/aromatic N) is 2. The lowest BCUT2D eigenvalue weighted by Crippen LogP contribution is -2.04. The Balaban J connectivity index is 1.40. The van der Waals surface area contributed by atoms with Crippen LogP contribution in [0.5, 0.6) is 5.75 Å². The summed E-state index contributed by atoms with van der Waals surface area (Å²) in [6.07, 6.45) is 5.01. The highest BCUT2D eigenvalue weighted by molar-refractivity contribution is 6.02. The predicted octanol–water partition coefficient (Wildman–Crippen LogP) is 5.43. The number of H-pyrrole nitrogens is 1. The van der Waals surface area contributed by atoms with Gasteiger partial charge in [0.2, 0.25) is 0 Å². The summed E-state index contributed by atoms with van der Waals surface area (Å²) in [4.78, 5) is 15.1. The van der Waals surface area contributed by atoms with Crippen LogP contribution in [0.15, 0.2) is 73.1 Å². The third kappa shape index (κ3) is 3.60. The lowest BCUT2D eigenvalue weighted by Gasteiger charge is -2.09. The van der Waals surface area contributed by atoms with E-state index in [-0.39, 0.29) is 5.69 Å². The van der Waals surface area contributed by atoms with E-state index in [2.05, 4.69) is 22.2 Å². The first kappa shape index (κ1) is 19.9. The van der Waals surface area contributed by atoms with Gasteiger partial charge in [0.1, 0.15) is 11.4 Å². The van der Waals surface area contributed by atoms with Gasteiger partial charge in [0.15, 0.2) is 0 Å². The summed E-state index contributed by atoms with van der Waals surface area (Å²) >= 11 is 0. The minimum atomic E-state index is -0.955. The number of carboxylic acids is 1. The highest BCUT2D eigenvalue weighted by atomic mass is 16.5. The molecule has 0 saturated carbocycles. The normalized spacial score (nSPS) is 11.3. The summed E-state index contributed by atoms with van der Waals surface area (Å²) < 4.78 is 7.79. The van der Waals surface area contributed by atoms with Crippen molar-refractivity contribution in [1.82, 2.24) is 14.8 Å². The van der Waals surface area contributed by atoms with Crippen LogP contribution < -0.4 is 4.74 Å². The van der Waals surface area contributed by atoms with E-state index in [1.165, 1.54) is 0 Å². The number of para-hydroxylation sites is 1. The van der Waals surface area contributed by atoms with Gasteiger partial charge in [-0.2, -0.15) is 5.10 Å². The zero-order valence-corrected chi connectivity index (χ0v) is 17.7. The number of ether oxygens (including phenoxy) is 1. The molecular weight excluding hydrogens is 402 g/mol. The van der Waals surface area contributed by atoms with Crippen molar-refractivity contribution in [1.29, 1.82) is 0 Å². The maximum absolute atomic E-state index is 12.0. The van der Waals surface area contributed by atoms with E-state index in [1.54, 1.807) is 10.9 Å². The topological polar surface area (TPSA) is 80.1 Å². The highest BCUT2D eigenvalue weighted by Gasteiger charge is 2.19. The van der Waals surface area contributed by atoms with Gasteiger partial charge in [-0.25, -0.2) is 4.79 Å². The molecule has 0 amide bonds. The molecule has 0 unspecified atom stereocenters. The summed E-state index contributed by atoms with van der Waals surface area (Å²) in [5.41, 5.74) is 3.75. The predicted molar refractivity (Wildman–Crippen MR) is 125 cm³/mol. The van der Waals surface area contributed by atoms with Gasteiger partial charge in [-0.15, -0.1) is 0 Å². The number of nitrogens with one attached hydrogen (secondary N) is 1. The molecule has 0 atom stereocenters. The van der Waals surface area contributed by atoms with Gasteiger partial charge in [0.05, 0.1) is 18.3 Å². The van der Waals surface area contributed by atoms with E-state index in [4.69, 9.17) is 4.74 Å². The molecule has 0 spiro atoms. The number of hydrogen-bond acceptors (Lipinski definition) is 3. The van der Waals surface area contributed by atoms with Crippen molar-refractivity contribution in [2.24, 2.45) is 7.05 Å². The zero-order valence-electron chi connectivity index (χ0n) is 17.7. The van der Waals surface area contributed by atoms with Gasteiger partial charge in [-0.3, -0.25) is 4.68 Å². The average molecular weight is 425 g/mol. The molecule has 3 aromatic carbocycles. The molecule has 0 saturated heterocycles. The number of hydrogen-bond donors (Lipinski definition) is 2. The van der Waals surface area contributed by atoms with E-state index < -0.39 is 5.97 Å². The fraction of sp³-hybridized carbons (Fsp3) is 0.154. The largest absolute Gasteiger partial charge is 0.493 e. The van der Waals surface area contributed by atoms with Crippen LogP contribution in [0.25, 0.3) is 32.8 Å². The fourth-order valence-corrected chi connectivity index (χ4v) is 4.27. The lowest BCUT2D eigenvalue weighted by atomic mass is 10.0. The van der Waals surface area contributed by atoms with Crippen molar-refractivity contribution in [3.63, 3.8) is 0 Å². The first-order valence-corrected chi connectivity index (χ1v) is 10.6. The Morgan fingerprint density at radius 3 is 2.66 bits per heavy atom. The van der Waals surface area contributed by atoms with Crippen molar-refractivity contribution in [3.05, 3.63) is 84.3 Å². The minimum absolute atomic E-state index is 0.238. The average Bonchev–Trinajstić information content (AvgIpc) is 3.40. The molecule has 5 rings (SSSR count). The second-order valence-corrected chi connectivity index (χ2v) is 7.84. The molecule has 32 heavy (non-hydrogen) atoms. The Morgan fingerprint density at radius 2 is 1.84 bits per heavy atom. The van der Waals surface area contributed by atoms with Gasteiger partial charge in [0, 0.05) is 35.1 Å². The fourth-order valence-electron chi connectivity index (χ4n) is 4.27. The van der Waals surface area contributed by atoms with Gasteiger partial charge in [-0.05, 0) is 29.9 Å². The molecule has 2 aromatic heterocycles. The molecule has 0 bridgehead atoms. The Hall–Kier alpha value is -4.06. The Morgan fingerprint density at radius 1 is 1.06 bits per heavy atom. The van der Waals surface area contributed by atoms with Crippen LogP contribution in [0.1, 0.15) is 22.5 Å². The van der Waals surface area contributed by atoms with Crippen LogP contribution in [-0.2, 0) is 13.5 Å². The molecule has 6 nitrogen and oxygen atoms in total. The molecule has 160 valence electrons. The molecule has 6 heteroatoms. The third-order valence-corrected chi connectivity index (χ3v) is 5.75. The number of carbonyl (C=O) groups is 1. The minimum Gasteiger partial charge on any atom is -0.493 e. The first-order valence-electron chi connectivity index (χ1n) is 10.6. The molecular formula is C26H23N3O3. The molecule has 0 aliphatic heterocycles. The van der Waals surface area contributed by atoms with E-state index in [0.717, 1.165) is 44.1 Å². The number of fused-ring (bicyclic) bond motifs is 2. The lowest BCUT2D eigenvalue weighted by molar-refractivity contribution is 0.0690. The molecule has 5 aromatic rings. The quantitative estimate of drug-likeness (QED) is 0.341. The smallest absolute Gasteiger partial charge is 0.352 e. The van der Waals surface area contributed by atoms with Gasteiger partial charge in [0.25, 0.3) is 0 Å². The number of aromatic nitrogens is 3. The van der Waals surface area contributed by atoms with Gasteiger partial charge < -0.3 is 14.8 Å². The van der Waals surface area contributed by atoms with Crippen LogP contribution in [0.3, 0.4) is 0 Å². The number of benzene rings is 3. The molecule has 2 N–H and O–H groups in total. The Kier molecular flexibility index (Phi) is 5.11. The Labute approximate surface area is 185 Å². The van der Waals surface area contributed by atoms with E-state index in [1.807, 2.05) is 61.8 Å². The summed E-state index contributed by atoms with van der Waals surface area (Å²) in [5, 5.41) is 17.2. The summed E-state index contributed by atoms with van der Waals surface area (Å²) in [5.74, 6) is -0.109. The van der Waals surface area contributed by atoms with Crippen LogP contribution in [0.4, 0.5) is 0 Å². The number of carboxylic acid groups (broad SMARTS) is 1. The van der Waals surface area contributed by atoms with Gasteiger partial charge >= 0.3 is 5.97 Å². The number of aryl methyl sites for hydroxylation is 2. The van der Waals surface area contributed by atoms with Crippen LogP contribution in [0, 0.1) is 0 Å². The first-order chi connectivity index (χ1) is 15.6. The van der Waals surface area contributed by atoms with Crippen LogP contribution >= 0.6 is 0 Å². The standard InChI is InChI=1S/C26H23N3O3/c1-29-16-18(15-27-29)20-10-5-11-21-22(25(26(30)31)28-24(20)21)12-6-14-32-23-13-4-8-17-7-2-3-9-19(17)23/h2-5,7-11,13,15-16,28H,6,12,14H2,1H3,(H,30,31). The highest BCUT2D eigenvalue weighted by Crippen LogP contribution is 2.32. The Bertz CT molecular complexity index is 1430. The van der Waals surface area contributed by atoms with E-state index in [9.17, 15) is 9.90 Å². The number of aromatic amines is 1. The molecule has 0 aliphatic rings. The van der Waals surface area contributed by atoms with E-state index >= 15 is 0 Å². The van der Waals surface area contributed by atoms with Crippen molar-refractivity contribution in [3.8, 4) is 16.9 Å². The zero-order chi connectivity index (χ0) is 22.1. The summed E-state index contributed by atoms with van der Waals surface area (Å²) in [7, 11) is 1.86. The second-order valence-electron chi connectivity index (χ2n) is 7.84. The van der Waals surface area contributed by atoms with Crippen molar-refractivity contribution < 1.29 is 14.6 Å². The van der Waals surface area contributed by atoms with Gasteiger partial charge in [-0.1, -0.05) is 54.6 Å². The number of rotatable bonds is 7. The monoisotopic (exact) mass is 425 g/mol. The summed E-state index contributed by atoms with van der Waals surface area (Å²) in [6.45, 7) is 0.502. The van der Waals surface area contributed by atoms with E-state index in [0.29, 0.717) is 19.4 Å². The number of aromatic carboxylic acids is 1. The SMILES string of the molecule is Cn1cc(-c2cccc3c(CCCOc4cccc5ccccc45)c(C(=O)O)[nH]c23)cn1. The van der Waals surface area contributed by atoms with Crippen LogP contribution in [0.2, 0.25) is 0 Å². The van der Waals surface area contributed by atoms with Crippen molar-refractivity contribution >= 4 is 27.6 Å². The molecule has 0 radical (unpaired) electrons. The maximum Gasteiger partial charge on any atom is 0.352 e.